The van der Waals surface area contributed by atoms with E-state index in [1.165, 1.54) is 0 Å². The molecule has 9 heavy (non-hydrogen) atoms. The van der Waals surface area contributed by atoms with Gasteiger partial charge >= 0.3 is 0 Å². The van der Waals surface area contributed by atoms with Crippen LogP contribution in [0.4, 0.5) is 0 Å². The minimum Gasteiger partial charge on any atom is -0.264 e. The smallest absolute Gasteiger partial charge is 0.255 e. The average molecular weight is 119 g/mol. The van der Waals surface area contributed by atoms with Crippen molar-refractivity contribution in [2.75, 3.05) is 0 Å². The molecule has 0 amide bonds. The van der Waals surface area contributed by atoms with Crippen LogP contribution >= 0.6 is 0 Å². The summed E-state index contributed by atoms with van der Waals surface area (Å²) >= 11 is 0. The molecule has 43 valence electrons. The number of aromatic nitrogens is 4. The Labute approximate surface area is 51.2 Å². The zero-order valence-corrected chi connectivity index (χ0v) is 4.52. The van der Waals surface area contributed by atoms with Gasteiger partial charge in [0, 0.05) is 6.20 Å². The predicted octanol–water partition coefficient (Wildman–Crippen LogP) is -0.0755. The van der Waals surface area contributed by atoms with Crippen molar-refractivity contribution in [3.63, 3.8) is 0 Å². The molecule has 0 saturated carbocycles. The highest BCUT2D eigenvalue weighted by Crippen LogP contribution is 1.88. The van der Waals surface area contributed by atoms with Gasteiger partial charge in [-0.05, 0) is 6.07 Å². The average Bonchev–Trinajstić information content (AvgIpc) is 2.33. The van der Waals surface area contributed by atoms with Gasteiger partial charge in [0.1, 0.15) is 6.33 Å². The lowest BCUT2D eigenvalue weighted by atomic mass is 10.7. The van der Waals surface area contributed by atoms with Crippen molar-refractivity contribution in [2.24, 2.45) is 0 Å². The Morgan fingerprint density at radius 3 is 3.44 bits per heavy atom. The maximum absolute atomic E-state index is 3.90. The molecule has 0 bridgehead atoms. The molecule has 0 unspecified atom stereocenters. The van der Waals surface area contributed by atoms with Crippen molar-refractivity contribution in [3.8, 4) is 0 Å². The molecule has 4 heteroatoms. The summed E-state index contributed by atoms with van der Waals surface area (Å²) in [5, 5.41) is 7.31. The second kappa shape index (κ2) is 1.51. The fourth-order valence-corrected chi connectivity index (χ4v) is 0.626. The monoisotopic (exact) mass is 119 g/mol. The van der Waals surface area contributed by atoms with Crippen LogP contribution in [0, 0.1) is 6.20 Å². The summed E-state index contributed by atoms with van der Waals surface area (Å²) in [6.45, 7) is 0. The van der Waals surface area contributed by atoms with Crippen LogP contribution in [0.1, 0.15) is 0 Å². The minimum atomic E-state index is 0.581. The van der Waals surface area contributed by atoms with E-state index in [0.717, 1.165) is 0 Å². The van der Waals surface area contributed by atoms with E-state index >= 15 is 0 Å². The van der Waals surface area contributed by atoms with Crippen LogP contribution in [0.5, 0.6) is 0 Å². The molecule has 0 spiro atoms. The van der Waals surface area contributed by atoms with E-state index in [-0.39, 0.29) is 0 Å². The van der Waals surface area contributed by atoms with Gasteiger partial charge in [-0.3, -0.25) is 4.40 Å². The van der Waals surface area contributed by atoms with Crippen LogP contribution in [0.25, 0.3) is 5.78 Å². The van der Waals surface area contributed by atoms with Crippen LogP contribution in [-0.2, 0) is 0 Å². The first-order valence-electron chi connectivity index (χ1n) is 2.49. The molecule has 2 rings (SSSR count). The number of rotatable bonds is 0. The summed E-state index contributed by atoms with van der Waals surface area (Å²) in [6, 6.07) is 1.70. The Balaban J connectivity index is 2.95. The fourth-order valence-electron chi connectivity index (χ4n) is 0.626. The van der Waals surface area contributed by atoms with Gasteiger partial charge < -0.3 is 0 Å². The summed E-state index contributed by atoms with van der Waals surface area (Å²) in [4.78, 5) is 3.90. The van der Waals surface area contributed by atoms with Gasteiger partial charge in [0.15, 0.2) is 0 Å². The second-order valence-electron chi connectivity index (χ2n) is 1.57. The number of hydrogen-bond acceptors (Lipinski definition) is 3. The standard InChI is InChI=1S/C5H3N4/c1-2-6-5-8-7-4-9(5)3-1/h1-2,4H. The zero-order valence-electron chi connectivity index (χ0n) is 4.52. The maximum atomic E-state index is 3.90. The fraction of sp³-hybridized carbons (Fsp3) is 0. The van der Waals surface area contributed by atoms with E-state index in [4.69, 9.17) is 0 Å². The van der Waals surface area contributed by atoms with Crippen molar-refractivity contribution in [1.82, 2.24) is 19.6 Å². The summed E-state index contributed by atoms with van der Waals surface area (Å²) < 4.78 is 1.62. The normalized spacial score (nSPS) is 10.2. The Morgan fingerprint density at radius 1 is 1.56 bits per heavy atom. The third kappa shape index (κ3) is 0.561. The molecule has 0 saturated heterocycles. The van der Waals surface area contributed by atoms with E-state index in [1.54, 1.807) is 23.0 Å². The van der Waals surface area contributed by atoms with Crippen LogP contribution < -0.4 is 0 Å². The van der Waals surface area contributed by atoms with Crippen LogP contribution in [-0.4, -0.2) is 19.6 Å². The highest BCUT2D eigenvalue weighted by molar-refractivity contribution is 5.21. The number of fused-ring (bicyclic) bond motifs is 1. The molecule has 1 radical (unpaired) electrons. The van der Waals surface area contributed by atoms with Crippen molar-refractivity contribution < 1.29 is 0 Å². The van der Waals surface area contributed by atoms with Crippen molar-refractivity contribution in [1.29, 1.82) is 0 Å². The molecule has 2 aromatic heterocycles. The van der Waals surface area contributed by atoms with Gasteiger partial charge in [0.05, 0.1) is 6.20 Å². The number of hydrogen-bond donors (Lipinski definition) is 0. The highest BCUT2D eigenvalue weighted by Gasteiger charge is 1.89. The lowest BCUT2D eigenvalue weighted by molar-refractivity contribution is 1.10. The van der Waals surface area contributed by atoms with E-state index in [9.17, 15) is 0 Å². The van der Waals surface area contributed by atoms with Gasteiger partial charge in [-0.25, -0.2) is 4.98 Å². The molecule has 2 aromatic rings. The third-order valence-electron chi connectivity index (χ3n) is 1.01. The molecule has 0 aliphatic carbocycles. The topological polar surface area (TPSA) is 43.1 Å². The molecule has 0 atom stereocenters. The Morgan fingerprint density at radius 2 is 2.56 bits per heavy atom. The molecular formula is C5H3N4. The van der Waals surface area contributed by atoms with Gasteiger partial charge in [-0.15, -0.1) is 10.2 Å². The van der Waals surface area contributed by atoms with Crippen LogP contribution in [0.3, 0.4) is 0 Å². The van der Waals surface area contributed by atoms with Crippen molar-refractivity contribution in [3.05, 3.63) is 24.8 Å². The summed E-state index contributed by atoms with van der Waals surface area (Å²) in [5.41, 5.74) is 0. The summed E-state index contributed by atoms with van der Waals surface area (Å²) in [7, 11) is 0. The Bertz CT molecular complexity index is 283. The summed E-state index contributed by atoms with van der Waals surface area (Å²) in [5.74, 6) is 0.581. The van der Waals surface area contributed by atoms with E-state index in [1.807, 2.05) is 0 Å². The lowest BCUT2D eigenvalue weighted by Crippen LogP contribution is -1.83. The van der Waals surface area contributed by atoms with Crippen LogP contribution in [0.15, 0.2) is 18.6 Å². The number of nitrogens with zero attached hydrogens (tertiary/aromatic N) is 4. The van der Waals surface area contributed by atoms with Gasteiger partial charge in [-0.1, -0.05) is 0 Å². The molecule has 0 aliphatic rings. The van der Waals surface area contributed by atoms with E-state index < -0.39 is 0 Å². The SMILES string of the molecule is [c]1ccnc2nncn12. The Hall–Kier alpha value is -1.45. The Kier molecular flexibility index (Phi) is 0.745. The predicted molar refractivity (Wildman–Crippen MR) is 29.6 cm³/mol. The molecule has 0 N–H and O–H groups in total. The largest absolute Gasteiger partial charge is 0.264 e. The zero-order chi connectivity index (χ0) is 6.10. The van der Waals surface area contributed by atoms with Crippen molar-refractivity contribution >= 4 is 5.78 Å². The quantitative estimate of drug-likeness (QED) is 0.487. The third-order valence-corrected chi connectivity index (χ3v) is 1.01. The minimum absolute atomic E-state index is 0.581. The molecule has 0 aliphatic heterocycles. The molecule has 2 heterocycles. The van der Waals surface area contributed by atoms with Crippen molar-refractivity contribution in [2.45, 2.75) is 0 Å². The van der Waals surface area contributed by atoms with E-state index in [2.05, 4.69) is 21.4 Å². The highest BCUT2D eigenvalue weighted by atomic mass is 15.3. The second-order valence-corrected chi connectivity index (χ2v) is 1.57. The van der Waals surface area contributed by atoms with E-state index in [0.29, 0.717) is 5.78 Å². The molecule has 0 fully saturated rings. The maximum Gasteiger partial charge on any atom is 0.255 e. The first kappa shape index (κ1) is 4.43. The first-order chi connectivity index (χ1) is 4.47. The summed E-state index contributed by atoms with van der Waals surface area (Å²) in [6.07, 6.45) is 6.05. The van der Waals surface area contributed by atoms with Gasteiger partial charge in [0.25, 0.3) is 5.78 Å². The molecule has 4 nitrogen and oxygen atoms in total. The van der Waals surface area contributed by atoms with Gasteiger partial charge in [0.2, 0.25) is 0 Å². The van der Waals surface area contributed by atoms with Crippen LogP contribution in [0.2, 0.25) is 0 Å². The molecular weight excluding hydrogens is 116 g/mol. The van der Waals surface area contributed by atoms with Gasteiger partial charge in [-0.2, -0.15) is 0 Å². The molecule has 0 aromatic carbocycles. The first-order valence-corrected chi connectivity index (χ1v) is 2.49. The lowest BCUT2D eigenvalue weighted by Gasteiger charge is -1.82.